The topological polar surface area (TPSA) is 23.8 Å². The van der Waals surface area contributed by atoms with Crippen molar-refractivity contribution in [2.45, 2.75) is 0 Å². The Morgan fingerprint density at radius 2 is 1.14 bits per heavy atom. The summed E-state index contributed by atoms with van der Waals surface area (Å²) in [4.78, 5) is 0. The molecule has 3 rings (SSSR count). The van der Waals surface area contributed by atoms with Gasteiger partial charge in [-0.2, -0.15) is 0 Å². The third-order valence-corrected chi connectivity index (χ3v) is 8.78. The Morgan fingerprint density at radius 3 is 1.64 bits per heavy atom. The average molecular weight is 303 g/mol. The Bertz CT molecular complexity index is 764. The predicted octanol–water partition coefficient (Wildman–Crippen LogP) is 3.21. The van der Waals surface area contributed by atoms with Gasteiger partial charge in [-0.15, -0.1) is 0 Å². The summed E-state index contributed by atoms with van der Waals surface area (Å²) in [7, 11) is -2.17. The normalized spacial score (nSPS) is 11.6. The second-order valence-corrected chi connectivity index (χ2v) is 9.46. The summed E-state index contributed by atoms with van der Waals surface area (Å²) in [6.07, 6.45) is 0. The van der Waals surface area contributed by atoms with Gasteiger partial charge < -0.3 is 0 Å². The van der Waals surface area contributed by atoms with Gasteiger partial charge in [0.1, 0.15) is 0 Å². The van der Waals surface area contributed by atoms with Crippen LogP contribution in [-0.4, -0.2) is 6.66 Å². The monoisotopic (exact) mass is 303 g/mol. The number of nitriles is 1. The fourth-order valence-corrected chi connectivity index (χ4v) is 6.82. The number of rotatable bonds is 3. The van der Waals surface area contributed by atoms with E-state index < -0.39 is 7.26 Å². The third-order valence-electron chi connectivity index (χ3n) is 4.29. The molecule has 0 bridgehead atoms. The molecular weight excluding hydrogens is 285 g/mol. The van der Waals surface area contributed by atoms with E-state index in [2.05, 4.69) is 67.3 Å². The summed E-state index contributed by atoms with van der Waals surface area (Å²) in [6, 6.07) is 31.5. The maximum absolute atomic E-state index is 9.55. The summed E-state index contributed by atoms with van der Waals surface area (Å²) in [5.41, 5.74) is 0.782. The Labute approximate surface area is 132 Å². The van der Waals surface area contributed by atoms with E-state index in [-0.39, 0.29) is 0 Å². The zero-order valence-electron chi connectivity index (χ0n) is 12.5. The van der Waals surface area contributed by atoms with Crippen molar-refractivity contribution in [3.8, 4) is 6.07 Å². The second-order valence-electron chi connectivity index (χ2n) is 5.51. The zero-order chi connectivity index (χ0) is 15.4. The molecule has 108 valence electrons. The summed E-state index contributed by atoms with van der Waals surface area (Å²) < 4.78 is 0. The molecule has 0 fully saturated rings. The van der Waals surface area contributed by atoms with Gasteiger partial charge in [-0.25, -0.2) is 0 Å². The summed E-state index contributed by atoms with van der Waals surface area (Å²) in [5, 5.41) is 13.4. The maximum atomic E-state index is 9.55. The first-order valence-electron chi connectivity index (χ1n) is 7.37. The van der Waals surface area contributed by atoms with E-state index in [1.54, 1.807) is 0 Å². The fourth-order valence-electron chi connectivity index (χ4n) is 3.04. The molecule has 0 aliphatic carbocycles. The minimum absolute atomic E-state index is 0.782. The van der Waals surface area contributed by atoms with E-state index >= 15 is 0 Å². The van der Waals surface area contributed by atoms with Crippen molar-refractivity contribution in [1.82, 2.24) is 0 Å². The van der Waals surface area contributed by atoms with E-state index in [1.165, 1.54) is 15.9 Å². The van der Waals surface area contributed by atoms with Crippen LogP contribution in [0.15, 0.2) is 84.9 Å². The predicted molar refractivity (Wildman–Crippen MR) is 97.2 cm³/mol. The van der Waals surface area contributed by atoms with Crippen LogP contribution < -0.4 is 15.9 Å². The van der Waals surface area contributed by atoms with Crippen molar-refractivity contribution in [2.75, 3.05) is 6.66 Å². The molecule has 0 radical (unpaired) electrons. The van der Waals surface area contributed by atoms with Crippen LogP contribution in [0, 0.1) is 11.3 Å². The van der Waals surface area contributed by atoms with Crippen molar-refractivity contribution < 1.29 is 0 Å². The number of hydrogen-bond donors (Lipinski definition) is 0. The molecule has 0 amide bonds. The number of hydrogen-bond acceptors (Lipinski definition) is 1. The molecule has 0 atom stereocenters. The molecule has 0 aromatic heterocycles. The van der Waals surface area contributed by atoms with Crippen molar-refractivity contribution in [2.24, 2.45) is 0 Å². The first kappa shape index (κ1) is 14.5. The molecule has 0 saturated heterocycles. The van der Waals surface area contributed by atoms with Crippen LogP contribution in [0.5, 0.6) is 0 Å². The number of nitrogens with zero attached hydrogens (tertiary/aromatic N) is 1. The van der Waals surface area contributed by atoms with Crippen LogP contribution in [0.4, 0.5) is 0 Å². The molecule has 3 aromatic rings. The molecule has 0 N–H and O–H groups in total. The van der Waals surface area contributed by atoms with Gasteiger partial charge in [0.15, 0.2) is 0 Å². The second kappa shape index (κ2) is 6.14. The van der Waals surface area contributed by atoms with E-state index in [0.717, 1.165) is 5.56 Å². The molecular formula is C20H18NP. The Kier molecular flexibility index (Phi) is 4.05. The first-order chi connectivity index (χ1) is 10.8. The Hall–Kier alpha value is -2.42. The fraction of sp³-hybridized carbons (Fsp3) is 0.0500. The molecule has 0 aliphatic heterocycles. The molecule has 2 heteroatoms. The third kappa shape index (κ3) is 2.43. The van der Waals surface area contributed by atoms with Crippen LogP contribution in [0.3, 0.4) is 0 Å². The van der Waals surface area contributed by atoms with E-state index in [9.17, 15) is 5.26 Å². The van der Waals surface area contributed by atoms with E-state index in [0.29, 0.717) is 0 Å². The SMILES string of the molecule is C[PH](c1ccccc1)(c1ccccc1)c1ccccc1C#N. The summed E-state index contributed by atoms with van der Waals surface area (Å²) >= 11 is 0. The van der Waals surface area contributed by atoms with Crippen LogP contribution >= 0.6 is 7.26 Å². The molecule has 3 aromatic carbocycles. The minimum atomic E-state index is -2.17. The van der Waals surface area contributed by atoms with Crippen LogP contribution in [-0.2, 0) is 0 Å². The first-order valence-corrected chi connectivity index (χ1v) is 9.87. The Morgan fingerprint density at radius 1 is 0.682 bits per heavy atom. The van der Waals surface area contributed by atoms with Gasteiger partial charge in [-0.05, 0) is 0 Å². The van der Waals surface area contributed by atoms with Crippen LogP contribution in [0.1, 0.15) is 5.56 Å². The molecule has 0 spiro atoms. The van der Waals surface area contributed by atoms with Crippen molar-refractivity contribution in [3.63, 3.8) is 0 Å². The van der Waals surface area contributed by atoms with Gasteiger partial charge in [0.25, 0.3) is 0 Å². The molecule has 0 saturated carbocycles. The van der Waals surface area contributed by atoms with Crippen molar-refractivity contribution >= 4 is 23.2 Å². The van der Waals surface area contributed by atoms with Gasteiger partial charge in [-0.3, -0.25) is 0 Å². The molecule has 1 nitrogen and oxygen atoms in total. The Balaban J connectivity index is 2.32. The van der Waals surface area contributed by atoms with Gasteiger partial charge >= 0.3 is 132 Å². The quantitative estimate of drug-likeness (QED) is 0.682. The van der Waals surface area contributed by atoms with E-state index in [1.807, 2.05) is 30.3 Å². The molecule has 22 heavy (non-hydrogen) atoms. The zero-order valence-corrected chi connectivity index (χ0v) is 13.5. The molecule has 0 heterocycles. The summed E-state index contributed by atoms with van der Waals surface area (Å²) in [5.74, 6) is 0. The van der Waals surface area contributed by atoms with Gasteiger partial charge in [0, 0.05) is 0 Å². The van der Waals surface area contributed by atoms with Crippen molar-refractivity contribution in [1.29, 1.82) is 5.26 Å². The van der Waals surface area contributed by atoms with Crippen LogP contribution in [0.25, 0.3) is 0 Å². The van der Waals surface area contributed by atoms with Gasteiger partial charge in [-0.1, -0.05) is 0 Å². The molecule has 0 aliphatic rings. The number of benzene rings is 3. The van der Waals surface area contributed by atoms with Crippen molar-refractivity contribution in [3.05, 3.63) is 90.5 Å². The summed E-state index contributed by atoms with van der Waals surface area (Å²) in [6.45, 7) is 2.33. The standard InChI is InChI=1S/C20H18NP/c1-22(18-11-4-2-5-12-18,19-13-6-3-7-14-19)20-15-9-8-10-17(20)16-21/h2-15,22H,1H3. The van der Waals surface area contributed by atoms with Gasteiger partial charge in [0.2, 0.25) is 0 Å². The average Bonchev–Trinajstić information content (AvgIpc) is 2.62. The van der Waals surface area contributed by atoms with Crippen LogP contribution in [0.2, 0.25) is 0 Å². The molecule has 0 unspecified atom stereocenters. The van der Waals surface area contributed by atoms with Gasteiger partial charge in [0.05, 0.1) is 0 Å². The van der Waals surface area contributed by atoms with E-state index in [4.69, 9.17) is 0 Å².